The van der Waals surface area contributed by atoms with Crippen molar-refractivity contribution in [3.8, 4) is 5.75 Å². The topological polar surface area (TPSA) is 56.1 Å². The van der Waals surface area contributed by atoms with Crippen LogP contribution in [0.3, 0.4) is 0 Å². The van der Waals surface area contributed by atoms with Gasteiger partial charge in [-0.05, 0) is 42.2 Å². The lowest BCUT2D eigenvalue weighted by Crippen LogP contribution is -2.26. The molecule has 0 aliphatic rings. The first kappa shape index (κ1) is 16.7. The highest BCUT2D eigenvalue weighted by molar-refractivity contribution is 7.99. The van der Waals surface area contributed by atoms with E-state index in [0.717, 1.165) is 16.3 Å². The molecule has 0 fully saturated rings. The van der Waals surface area contributed by atoms with Gasteiger partial charge in [-0.1, -0.05) is 18.5 Å². The van der Waals surface area contributed by atoms with Crippen molar-refractivity contribution >= 4 is 40.0 Å². The van der Waals surface area contributed by atoms with Crippen LogP contribution in [-0.2, 0) is 0 Å². The van der Waals surface area contributed by atoms with E-state index in [0.29, 0.717) is 21.7 Å². The number of nitrogens with one attached hydrogen (secondary N) is 1. The zero-order valence-corrected chi connectivity index (χ0v) is 14.8. The molecular weight excluding hydrogens is 346 g/mol. The maximum absolute atomic E-state index is 12.7. The van der Waals surface area contributed by atoms with Crippen LogP contribution in [0.1, 0.15) is 6.92 Å². The van der Waals surface area contributed by atoms with Crippen molar-refractivity contribution in [2.24, 2.45) is 0 Å². The van der Waals surface area contributed by atoms with Gasteiger partial charge in [0.05, 0.1) is 23.7 Å². The fourth-order valence-electron chi connectivity index (χ4n) is 2.31. The van der Waals surface area contributed by atoms with E-state index in [-0.39, 0.29) is 5.56 Å². The van der Waals surface area contributed by atoms with Gasteiger partial charge in [-0.15, -0.1) is 11.8 Å². The first-order valence-corrected chi connectivity index (χ1v) is 8.73. The van der Waals surface area contributed by atoms with E-state index in [1.165, 1.54) is 11.0 Å². The molecule has 0 aliphatic heterocycles. The molecule has 3 aromatic rings. The number of benzene rings is 2. The van der Waals surface area contributed by atoms with Crippen molar-refractivity contribution in [3.05, 3.63) is 58.1 Å². The van der Waals surface area contributed by atoms with Crippen molar-refractivity contribution in [1.82, 2.24) is 9.66 Å². The minimum Gasteiger partial charge on any atom is -0.497 e. The number of methoxy groups -OCH3 is 1. The van der Waals surface area contributed by atoms with Crippen LogP contribution in [0.2, 0.25) is 5.02 Å². The molecule has 3 rings (SSSR count). The number of fused-ring (bicyclic) bond motifs is 1. The van der Waals surface area contributed by atoms with Gasteiger partial charge >= 0.3 is 0 Å². The highest BCUT2D eigenvalue weighted by atomic mass is 35.5. The molecule has 1 heterocycles. The fraction of sp³-hybridized carbons (Fsp3) is 0.176. The van der Waals surface area contributed by atoms with Crippen molar-refractivity contribution in [3.63, 3.8) is 0 Å². The number of halogens is 1. The van der Waals surface area contributed by atoms with Gasteiger partial charge in [0.15, 0.2) is 0 Å². The largest absolute Gasteiger partial charge is 0.497 e. The third-order valence-corrected chi connectivity index (χ3v) is 4.64. The summed E-state index contributed by atoms with van der Waals surface area (Å²) in [5.41, 5.74) is 4.27. The highest BCUT2D eigenvalue weighted by Crippen LogP contribution is 2.29. The predicted molar refractivity (Wildman–Crippen MR) is 99.4 cm³/mol. The lowest BCUT2D eigenvalue weighted by atomic mass is 10.2. The molecule has 2 aromatic carbocycles. The fourth-order valence-corrected chi connectivity index (χ4v) is 3.22. The molecule has 5 nitrogen and oxygen atoms in total. The van der Waals surface area contributed by atoms with Crippen molar-refractivity contribution in [2.45, 2.75) is 11.8 Å². The second kappa shape index (κ2) is 7.15. The summed E-state index contributed by atoms with van der Waals surface area (Å²) in [6, 6.07) is 10.8. The first-order valence-electron chi connectivity index (χ1n) is 7.37. The number of hydrogen-bond acceptors (Lipinski definition) is 5. The third-order valence-electron chi connectivity index (χ3n) is 3.45. The summed E-state index contributed by atoms with van der Waals surface area (Å²) in [6.07, 6.45) is 1.47. The van der Waals surface area contributed by atoms with Crippen LogP contribution >= 0.6 is 23.4 Å². The van der Waals surface area contributed by atoms with E-state index in [2.05, 4.69) is 17.3 Å². The molecular formula is C17H16ClN3O2S. The number of nitrogens with zero attached hydrogens (tertiary/aromatic N) is 2. The molecule has 7 heteroatoms. The molecule has 1 N–H and O–H groups in total. The smallest absolute Gasteiger partial charge is 0.280 e. The minimum atomic E-state index is -0.202. The van der Waals surface area contributed by atoms with E-state index in [4.69, 9.17) is 16.3 Å². The molecule has 0 aliphatic carbocycles. The molecule has 0 unspecified atom stereocenters. The van der Waals surface area contributed by atoms with Gasteiger partial charge in [-0.2, -0.15) is 0 Å². The van der Waals surface area contributed by atoms with E-state index < -0.39 is 0 Å². The quantitative estimate of drug-likeness (QED) is 0.695. The maximum atomic E-state index is 12.7. The summed E-state index contributed by atoms with van der Waals surface area (Å²) in [7, 11) is 1.56. The van der Waals surface area contributed by atoms with Gasteiger partial charge < -0.3 is 4.74 Å². The van der Waals surface area contributed by atoms with Crippen LogP contribution < -0.4 is 15.7 Å². The molecule has 0 bridgehead atoms. The summed E-state index contributed by atoms with van der Waals surface area (Å²) in [6.45, 7) is 2.07. The van der Waals surface area contributed by atoms with Gasteiger partial charge in [-0.25, -0.2) is 9.66 Å². The molecule has 0 saturated heterocycles. The Morgan fingerprint density at radius 3 is 2.88 bits per heavy atom. The second-order valence-electron chi connectivity index (χ2n) is 4.99. The number of rotatable bonds is 5. The zero-order chi connectivity index (χ0) is 17.1. The molecule has 124 valence electrons. The average molecular weight is 362 g/mol. The van der Waals surface area contributed by atoms with Gasteiger partial charge in [0, 0.05) is 9.92 Å². The van der Waals surface area contributed by atoms with Crippen LogP contribution in [0, 0.1) is 0 Å². The molecule has 0 saturated carbocycles. The lowest BCUT2D eigenvalue weighted by molar-refractivity contribution is 0.415. The van der Waals surface area contributed by atoms with Crippen molar-refractivity contribution < 1.29 is 4.74 Å². The van der Waals surface area contributed by atoms with Crippen LogP contribution in [0.25, 0.3) is 10.9 Å². The Morgan fingerprint density at radius 2 is 2.12 bits per heavy atom. The first-order chi connectivity index (χ1) is 11.6. The summed E-state index contributed by atoms with van der Waals surface area (Å²) < 4.78 is 6.54. The number of thioether (sulfide) groups is 1. The molecule has 0 radical (unpaired) electrons. The monoisotopic (exact) mass is 361 g/mol. The Bertz CT molecular complexity index is 943. The predicted octanol–water partition coefficient (Wildman–Crippen LogP) is 4.05. The van der Waals surface area contributed by atoms with Gasteiger partial charge in [0.25, 0.3) is 5.56 Å². The summed E-state index contributed by atoms with van der Waals surface area (Å²) in [5.74, 6) is 1.53. The Balaban J connectivity index is 2.06. The lowest BCUT2D eigenvalue weighted by Gasteiger charge is -2.14. The Labute approximate surface area is 148 Å². The van der Waals surface area contributed by atoms with Crippen molar-refractivity contribution in [1.29, 1.82) is 0 Å². The van der Waals surface area contributed by atoms with E-state index in [9.17, 15) is 4.79 Å². The van der Waals surface area contributed by atoms with E-state index >= 15 is 0 Å². The summed E-state index contributed by atoms with van der Waals surface area (Å²) in [5, 5.41) is 1.08. The van der Waals surface area contributed by atoms with Crippen molar-refractivity contribution in [2.75, 3.05) is 18.3 Å². The standard InChI is InChI=1S/C17H16ClN3O2S/c1-3-24-16-7-4-11(18)8-15(16)20-21-10-19-14-6-5-12(23-2)9-13(14)17(21)22/h4-10,20H,3H2,1-2H3. The maximum Gasteiger partial charge on any atom is 0.280 e. The molecule has 0 spiro atoms. The normalized spacial score (nSPS) is 10.8. The van der Waals surface area contributed by atoms with Gasteiger partial charge in [0.2, 0.25) is 0 Å². The van der Waals surface area contributed by atoms with Crippen LogP contribution in [0.4, 0.5) is 5.69 Å². The van der Waals surface area contributed by atoms with Crippen LogP contribution in [-0.4, -0.2) is 22.5 Å². The molecule has 1 aromatic heterocycles. The number of aromatic nitrogens is 2. The van der Waals surface area contributed by atoms with E-state index in [1.807, 2.05) is 12.1 Å². The Morgan fingerprint density at radius 1 is 1.29 bits per heavy atom. The van der Waals surface area contributed by atoms with E-state index in [1.54, 1.807) is 43.1 Å². The molecule has 0 amide bonds. The van der Waals surface area contributed by atoms with Crippen LogP contribution in [0.5, 0.6) is 5.75 Å². The van der Waals surface area contributed by atoms with Crippen LogP contribution in [0.15, 0.2) is 52.4 Å². The summed E-state index contributed by atoms with van der Waals surface area (Å²) >= 11 is 7.76. The molecule has 0 atom stereocenters. The Hall–Kier alpha value is -2.18. The number of hydrogen-bond donors (Lipinski definition) is 1. The highest BCUT2D eigenvalue weighted by Gasteiger charge is 2.09. The minimum absolute atomic E-state index is 0.202. The number of anilines is 1. The SMILES string of the molecule is CCSc1ccc(Cl)cc1Nn1cnc2ccc(OC)cc2c1=O. The number of ether oxygens (including phenoxy) is 1. The average Bonchev–Trinajstić information content (AvgIpc) is 2.59. The summed E-state index contributed by atoms with van der Waals surface area (Å²) in [4.78, 5) is 18.1. The Kier molecular flexibility index (Phi) is 4.97. The third kappa shape index (κ3) is 3.34. The van der Waals surface area contributed by atoms with Gasteiger partial charge in [-0.3, -0.25) is 10.2 Å². The molecule has 24 heavy (non-hydrogen) atoms. The van der Waals surface area contributed by atoms with Gasteiger partial charge in [0.1, 0.15) is 12.1 Å². The second-order valence-corrected chi connectivity index (χ2v) is 6.73. The zero-order valence-electron chi connectivity index (χ0n) is 13.2.